The van der Waals surface area contributed by atoms with Gasteiger partial charge >= 0.3 is 0 Å². The largest absolute Gasteiger partial charge is 0.383 e. The van der Waals surface area contributed by atoms with E-state index in [-0.39, 0.29) is 23.2 Å². The Bertz CT molecular complexity index is 492. The summed E-state index contributed by atoms with van der Waals surface area (Å²) < 4.78 is 6.17. The Kier molecular flexibility index (Phi) is 4.68. The van der Waals surface area contributed by atoms with Gasteiger partial charge in [-0.2, -0.15) is 5.10 Å². The van der Waals surface area contributed by atoms with E-state index in [4.69, 9.17) is 4.74 Å². The fourth-order valence-corrected chi connectivity index (χ4v) is 2.24. The molecule has 0 atom stereocenters. The molecule has 6 heteroatoms. The molecule has 0 aromatic carbocycles. The van der Waals surface area contributed by atoms with Crippen LogP contribution in [0.3, 0.4) is 0 Å². The Balaban J connectivity index is 2.06. The van der Waals surface area contributed by atoms with Gasteiger partial charge in [0.05, 0.1) is 13.2 Å². The molecule has 0 bridgehead atoms. The molecule has 19 heavy (non-hydrogen) atoms. The Morgan fingerprint density at radius 2 is 2.21 bits per heavy atom. The molecular weight excluding hydrogens is 246 g/mol. The van der Waals surface area contributed by atoms with Crippen LogP contribution < -0.4 is 10.9 Å². The number of amides is 1. The number of nitrogens with one attached hydrogen (secondary N) is 1. The zero-order valence-corrected chi connectivity index (χ0v) is 11.1. The lowest BCUT2D eigenvalue weighted by Crippen LogP contribution is -2.35. The lowest BCUT2D eigenvalue weighted by Gasteiger charge is -2.12. The van der Waals surface area contributed by atoms with Gasteiger partial charge in [0, 0.05) is 19.2 Å². The number of ether oxygens (including phenoxy) is 1. The van der Waals surface area contributed by atoms with Gasteiger partial charge in [-0.15, -0.1) is 0 Å². The van der Waals surface area contributed by atoms with E-state index in [9.17, 15) is 9.59 Å². The van der Waals surface area contributed by atoms with Crippen molar-refractivity contribution < 1.29 is 9.53 Å². The molecule has 1 saturated carbocycles. The molecule has 6 nitrogen and oxygen atoms in total. The predicted molar refractivity (Wildman–Crippen MR) is 70.1 cm³/mol. The molecule has 1 fully saturated rings. The average molecular weight is 265 g/mol. The number of methoxy groups -OCH3 is 1. The second-order valence-electron chi connectivity index (χ2n) is 4.73. The van der Waals surface area contributed by atoms with Crippen molar-refractivity contribution in [2.45, 2.75) is 38.3 Å². The van der Waals surface area contributed by atoms with Gasteiger partial charge in [-0.1, -0.05) is 12.8 Å². The summed E-state index contributed by atoms with van der Waals surface area (Å²) in [6, 6.07) is 3.08. The van der Waals surface area contributed by atoms with Crippen LogP contribution in [-0.2, 0) is 11.3 Å². The summed E-state index contributed by atoms with van der Waals surface area (Å²) in [5.74, 6) is -0.210. The third-order valence-corrected chi connectivity index (χ3v) is 3.30. The highest BCUT2D eigenvalue weighted by molar-refractivity contribution is 5.92. The van der Waals surface area contributed by atoms with Crippen molar-refractivity contribution in [1.29, 1.82) is 0 Å². The number of carbonyl (C=O) groups is 1. The highest BCUT2D eigenvalue weighted by Gasteiger charge is 2.19. The predicted octanol–water partition coefficient (Wildman–Crippen LogP) is 0.562. The van der Waals surface area contributed by atoms with Gasteiger partial charge in [0.15, 0.2) is 0 Å². The van der Waals surface area contributed by atoms with E-state index in [2.05, 4.69) is 10.4 Å². The zero-order chi connectivity index (χ0) is 13.7. The maximum Gasteiger partial charge on any atom is 0.271 e. The summed E-state index contributed by atoms with van der Waals surface area (Å²) in [5, 5.41) is 7.01. The third-order valence-electron chi connectivity index (χ3n) is 3.30. The molecule has 1 aliphatic carbocycles. The highest BCUT2D eigenvalue weighted by Crippen LogP contribution is 2.17. The minimum atomic E-state index is -0.227. The molecular formula is C13H19N3O3. The molecule has 1 aromatic rings. The molecule has 1 aliphatic rings. The molecule has 0 aliphatic heterocycles. The number of aromatic nitrogens is 2. The van der Waals surface area contributed by atoms with Gasteiger partial charge in [0.2, 0.25) is 0 Å². The maximum atomic E-state index is 12.0. The normalized spacial score (nSPS) is 15.6. The minimum Gasteiger partial charge on any atom is -0.383 e. The first-order valence-corrected chi connectivity index (χ1v) is 6.58. The van der Waals surface area contributed by atoms with E-state index in [0.29, 0.717) is 13.2 Å². The second-order valence-corrected chi connectivity index (χ2v) is 4.73. The monoisotopic (exact) mass is 265 g/mol. The first-order chi connectivity index (χ1) is 9.20. The van der Waals surface area contributed by atoms with Crippen LogP contribution in [0, 0.1) is 0 Å². The average Bonchev–Trinajstić information content (AvgIpc) is 2.90. The van der Waals surface area contributed by atoms with Crippen LogP contribution in [0.15, 0.2) is 16.9 Å². The van der Waals surface area contributed by atoms with Crippen molar-refractivity contribution in [2.24, 2.45) is 0 Å². The number of carbonyl (C=O) groups excluding carboxylic acids is 1. The Morgan fingerprint density at radius 1 is 1.47 bits per heavy atom. The minimum absolute atomic E-state index is 0.210. The first-order valence-electron chi connectivity index (χ1n) is 6.58. The topological polar surface area (TPSA) is 73.2 Å². The van der Waals surface area contributed by atoms with Crippen molar-refractivity contribution in [3.63, 3.8) is 0 Å². The zero-order valence-electron chi connectivity index (χ0n) is 11.1. The number of rotatable bonds is 5. The van der Waals surface area contributed by atoms with Crippen LogP contribution >= 0.6 is 0 Å². The summed E-state index contributed by atoms with van der Waals surface area (Å²) in [5.41, 5.74) is 0.0528. The van der Waals surface area contributed by atoms with Crippen molar-refractivity contribution in [2.75, 3.05) is 13.7 Å². The maximum absolute atomic E-state index is 12.0. The standard InChI is InChI=1S/C13H19N3O3/c1-19-9-8-16-12(17)7-6-11(15-16)13(18)14-10-4-2-3-5-10/h6-7,10H,2-5,8-9H2,1H3,(H,14,18). The fraction of sp³-hybridized carbons (Fsp3) is 0.615. The van der Waals surface area contributed by atoms with Crippen LogP contribution in [0.5, 0.6) is 0 Å². The number of nitrogens with zero attached hydrogens (tertiary/aromatic N) is 2. The van der Waals surface area contributed by atoms with Crippen molar-refractivity contribution in [3.05, 3.63) is 28.2 Å². The van der Waals surface area contributed by atoms with Crippen LogP contribution in [0.1, 0.15) is 36.2 Å². The molecule has 104 valence electrons. The summed E-state index contributed by atoms with van der Waals surface area (Å²) in [6.07, 6.45) is 4.36. The molecule has 1 heterocycles. The fourth-order valence-electron chi connectivity index (χ4n) is 2.24. The molecule has 0 spiro atoms. The molecule has 2 rings (SSSR count). The van der Waals surface area contributed by atoms with Crippen LogP contribution in [0.2, 0.25) is 0 Å². The van der Waals surface area contributed by atoms with Gasteiger partial charge in [-0.3, -0.25) is 9.59 Å². The van der Waals surface area contributed by atoms with Gasteiger partial charge in [0.25, 0.3) is 11.5 Å². The summed E-state index contributed by atoms with van der Waals surface area (Å²) in [6.45, 7) is 0.737. The molecule has 1 aromatic heterocycles. The second kappa shape index (κ2) is 6.47. The Hall–Kier alpha value is -1.69. The molecule has 0 radical (unpaired) electrons. The number of hydrogen-bond acceptors (Lipinski definition) is 4. The summed E-state index contributed by atoms with van der Waals surface area (Å²) in [7, 11) is 1.56. The van der Waals surface area contributed by atoms with E-state index < -0.39 is 0 Å². The third kappa shape index (κ3) is 3.64. The van der Waals surface area contributed by atoms with Crippen LogP contribution in [-0.4, -0.2) is 35.4 Å². The Labute approximate surface area is 111 Å². The van der Waals surface area contributed by atoms with Gasteiger partial charge in [-0.05, 0) is 18.9 Å². The van der Waals surface area contributed by atoms with E-state index in [1.54, 1.807) is 7.11 Å². The number of hydrogen-bond donors (Lipinski definition) is 1. The molecule has 0 saturated heterocycles. The van der Waals surface area contributed by atoms with Crippen molar-refractivity contribution in [3.8, 4) is 0 Å². The quantitative estimate of drug-likeness (QED) is 0.844. The lowest BCUT2D eigenvalue weighted by molar-refractivity contribution is 0.0929. The van der Waals surface area contributed by atoms with Crippen molar-refractivity contribution in [1.82, 2.24) is 15.1 Å². The highest BCUT2D eigenvalue weighted by atomic mass is 16.5. The van der Waals surface area contributed by atoms with Crippen LogP contribution in [0.25, 0.3) is 0 Å². The lowest BCUT2D eigenvalue weighted by atomic mass is 10.2. The van der Waals surface area contributed by atoms with E-state index in [1.165, 1.54) is 16.8 Å². The Morgan fingerprint density at radius 3 is 2.89 bits per heavy atom. The summed E-state index contributed by atoms with van der Waals surface area (Å²) in [4.78, 5) is 23.6. The van der Waals surface area contributed by atoms with Gasteiger partial charge in [-0.25, -0.2) is 4.68 Å². The smallest absolute Gasteiger partial charge is 0.271 e. The van der Waals surface area contributed by atoms with Crippen LogP contribution in [0.4, 0.5) is 0 Å². The first kappa shape index (κ1) is 13.7. The molecule has 0 unspecified atom stereocenters. The van der Waals surface area contributed by atoms with Gasteiger partial charge < -0.3 is 10.1 Å². The SMILES string of the molecule is COCCn1nc(C(=O)NC2CCCC2)ccc1=O. The van der Waals surface area contributed by atoms with Gasteiger partial charge in [0.1, 0.15) is 5.69 Å². The molecule has 1 N–H and O–H groups in total. The van der Waals surface area contributed by atoms with E-state index >= 15 is 0 Å². The van der Waals surface area contributed by atoms with E-state index in [0.717, 1.165) is 25.7 Å². The van der Waals surface area contributed by atoms with Crippen molar-refractivity contribution >= 4 is 5.91 Å². The van der Waals surface area contributed by atoms with E-state index in [1.807, 2.05) is 0 Å². The molecule has 1 amide bonds. The summed E-state index contributed by atoms with van der Waals surface area (Å²) >= 11 is 0.